The average molecular weight is 372 g/mol. The largest absolute Gasteiger partial charge is 0.297 e. The van der Waals surface area contributed by atoms with Crippen LogP contribution >= 0.6 is 11.6 Å². The molecule has 6 heteroatoms. The summed E-state index contributed by atoms with van der Waals surface area (Å²) in [4.78, 5) is 15.5. The summed E-state index contributed by atoms with van der Waals surface area (Å²) in [6, 6.07) is 15.0. The number of nitro groups is 1. The van der Waals surface area contributed by atoms with E-state index in [1.807, 2.05) is 18.2 Å². The molecule has 0 unspecified atom stereocenters. The highest BCUT2D eigenvalue weighted by Crippen LogP contribution is 2.24. The molecule has 26 heavy (non-hydrogen) atoms. The maximum absolute atomic E-state index is 11.2. The molecule has 0 atom stereocenters. The van der Waals surface area contributed by atoms with Crippen molar-refractivity contribution in [2.45, 2.75) is 6.54 Å². The molecule has 1 fully saturated rings. The van der Waals surface area contributed by atoms with Gasteiger partial charge in [-0.3, -0.25) is 19.9 Å². The molecule has 0 aromatic heterocycles. The van der Waals surface area contributed by atoms with E-state index in [-0.39, 0.29) is 10.6 Å². The van der Waals surface area contributed by atoms with Crippen molar-refractivity contribution < 1.29 is 4.92 Å². The van der Waals surface area contributed by atoms with Gasteiger partial charge in [-0.05, 0) is 17.7 Å². The van der Waals surface area contributed by atoms with Gasteiger partial charge in [-0.15, -0.1) is 0 Å². The van der Waals surface area contributed by atoms with Crippen molar-refractivity contribution in [3.8, 4) is 0 Å². The molecule has 0 saturated carbocycles. The number of benzene rings is 2. The zero-order valence-corrected chi connectivity index (χ0v) is 15.3. The predicted molar refractivity (Wildman–Crippen MR) is 105 cm³/mol. The zero-order chi connectivity index (χ0) is 18.4. The molecule has 136 valence electrons. The van der Waals surface area contributed by atoms with Gasteiger partial charge in [0, 0.05) is 55.9 Å². The predicted octanol–water partition coefficient (Wildman–Crippen LogP) is 4.08. The van der Waals surface area contributed by atoms with Crippen LogP contribution in [-0.4, -0.2) is 47.4 Å². The van der Waals surface area contributed by atoms with E-state index in [0.29, 0.717) is 17.1 Å². The molecular weight excluding hydrogens is 350 g/mol. The minimum atomic E-state index is -0.337. The van der Waals surface area contributed by atoms with Crippen LogP contribution in [0.1, 0.15) is 11.1 Å². The van der Waals surface area contributed by atoms with E-state index in [1.165, 1.54) is 11.6 Å². The number of nitrogens with zero attached hydrogens (tertiary/aromatic N) is 3. The normalized spacial score (nSPS) is 16.2. The Bertz CT molecular complexity index is 772. The first-order chi connectivity index (χ1) is 12.6. The summed E-state index contributed by atoms with van der Waals surface area (Å²) in [5, 5.41) is 11.7. The number of piperazine rings is 1. The van der Waals surface area contributed by atoms with Crippen molar-refractivity contribution in [3.05, 3.63) is 80.9 Å². The molecule has 1 aliphatic heterocycles. The van der Waals surface area contributed by atoms with E-state index in [9.17, 15) is 10.1 Å². The van der Waals surface area contributed by atoms with Gasteiger partial charge in [0.1, 0.15) is 0 Å². The average Bonchev–Trinajstić information content (AvgIpc) is 2.64. The van der Waals surface area contributed by atoms with E-state index >= 15 is 0 Å². The van der Waals surface area contributed by atoms with Crippen molar-refractivity contribution in [3.63, 3.8) is 0 Å². The fourth-order valence-electron chi connectivity index (χ4n) is 3.13. The number of hydrogen-bond donors (Lipinski definition) is 0. The second-order valence-corrected chi connectivity index (χ2v) is 6.86. The molecule has 5 nitrogen and oxygen atoms in total. The van der Waals surface area contributed by atoms with Gasteiger partial charge in [0.2, 0.25) is 0 Å². The Morgan fingerprint density at radius 2 is 1.73 bits per heavy atom. The van der Waals surface area contributed by atoms with Crippen LogP contribution in [0, 0.1) is 10.1 Å². The topological polar surface area (TPSA) is 49.6 Å². The maximum atomic E-state index is 11.2. The van der Waals surface area contributed by atoms with Gasteiger partial charge >= 0.3 is 0 Å². The van der Waals surface area contributed by atoms with E-state index in [2.05, 4.69) is 34.1 Å². The number of halogens is 1. The summed E-state index contributed by atoms with van der Waals surface area (Å²) in [6.45, 7) is 5.16. The van der Waals surface area contributed by atoms with Crippen LogP contribution in [0.3, 0.4) is 0 Å². The van der Waals surface area contributed by atoms with Crippen molar-refractivity contribution in [2.24, 2.45) is 0 Å². The van der Waals surface area contributed by atoms with Crippen LogP contribution < -0.4 is 0 Å². The Labute approximate surface area is 158 Å². The number of rotatable bonds is 6. The summed E-state index contributed by atoms with van der Waals surface area (Å²) in [7, 11) is 0. The first-order valence-electron chi connectivity index (χ1n) is 8.71. The van der Waals surface area contributed by atoms with Crippen LogP contribution in [0.5, 0.6) is 0 Å². The molecule has 0 amide bonds. The molecule has 0 radical (unpaired) electrons. The molecule has 2 aromatic rings. The SMILES string of the molecule is O=[N+]([O-])c1ccc(Cl)cc1CN1CCN(CC=Cc2ccccc2)CC1. The van der Waals surface area contributed by atoms with Crippen LogP contribution in [0.25, 0.3) is 6.08 Å². The summed E-state index contributed by atoms with van der Waals surface area (Å²) in [5.74, 6) is 0. The van der Waals surface area contributed by atoms with Crippen molar-refractivity contribution in [2.75, 3.05) is 32.7 Å². The molecule has 0 N–H and O–H groups in total. The highest BCUT2D eigenvalue weighted by molar-refractivity contribution is 6.30. The third-order valence-electron chi connectivity index (χ3n) is 4.57. The van der Waals surface area contributed by atoms with Crippen molar-refractivity contribution >= 4 is 23.4 Å². The highest BCUT2D eigenvalue weighted by atomic mass is 35.5. The summed E-state index contributed by atoms with van der Waals surface area (Å²) >= 11 is 6.01. The minimum Gasteiger partial charge on any atom is -0.297 e. The van der Waals surface area contributed by atoms with Crippen LogP contribution in [0.4, 0.5) is 5.69 Å². The van der Waals surface area contributed by atoms with Crippen LogP contribution in [0.2, 0.25) is 5.02 Å². The molecule has 0 spiro atoms. The Morgan fingerprint density at radius 1 is 1.04 bits per heavy atom. The summed E-state index contributed by atoms with van der Waals surface area (Å²) in [5.41, 5.74) is 2.03. The molecule has 2 aromatic carbocycles. The number of hydrogen-bond acceptors (Lipinski definition) is 4. The molecule has 1 heterocycles. The van der Waals surface area contributed by atoms with Gasteiger partial charge in [-0.1, -0.05) is 54.1 Å². The van der Waals surface area contributed by atoms with E-state index < -0.39 is 0 Å². The Kier molecular flexibility index (Phi) is 6.39. The Hall–Kier alpha value is -2.21. The van der Waals surface area contributed by atoms with Gasteiger partial charge in [0.25, 0.3) is 5.69 Å². The molecule has 1 saturated heterocycles. The standard InChI is InChI=1S/C20H22ClN3O2/c21-19-8-9-20(24(25)26)18(15-19)16-23-13-11-22(12-14-23)10-4-7-17-5-2-1-3-6-17/h1-9,15H,10-14,16H2. The third-order valence-corrected chi connectivity index (χ3v) is 4.81. The van der Waals surface area contributed by atoms with Crippen LogP contribution in [-0.2, 0) is 6.54 Å². The van der Waals surface area contributed by atoms with E-state index in [0.717, 1.165) is 32.7 Å². The van der Waals surface area contributed by atoms with Crippen molar-refractivity contribution in [1.29, 1.82) is 0 Å². The minimum absolute atomic E-state index is 0.141. The second-order valence-electron chi connectivity index (χ2n) is 6.42. The molecule has 3 rings (SSSR count). The van der Waals surface area contributed by atoms with E-state index in [1.54, 1.807) is 12.1 Å². The fourth-order valence-corrected chi connectivity index (χ4v) is 3.33. The molecule has 0 bridgehead atoms. The van der Waals surface area contributed by atoms with Gasteiger partial charge in [0.15, 0.2) is 0 Å². The van der Waals surface area contributed by atoms with Crippen molar-refractivity contribution in [1.82, 2.24) is 9.80 Å². The smallest absolute Gasteiger partial charge is 0.273 e. The zero-order valence-electron chi connectivity index (χ0n) is 14.6. The summed E-state index contributed by atoms with van der Waals surface area (Å²) in [6.07, 6.45) is 4.33. The van der Waals surface area contributed by atoms with Crippen LogP contribution in [0.15, 0.2) is 54.6 Å². The lowest BCUT2D eigenvalue weighted by Gasteiger charge is -2.34. The third kappa shape index (κ3) is 5.14. The quantitative estimate of drug-likeness (QED) is 0.567. The van der Waals surface area contributed by atoms with Gasteiger partial charge in [-0.25, -0.2) is 0 Å². The molecule has 0 aliphatic carbocycles. The Morgan fingerprint density at radius 3 is 2.42 bits per heavy atom. The first-order valence-corrected chi connectivity index (χ1v) is 9.09. The molecule has 1 aliphatic rings. The maximum Gasteiger partial charge on any atom is 0.273 e. The van der Waals surface area contributed by atoms with Gasteiger partial charge in [0.05, 0.1) is 4.92 Å². The molecular formula is C20H22ClN3O2. The monoisotopic (exact) mass is 371 g/mol. The second kappa shape index (κ2) is 8.94. The first kappa shape index (κ1) is 18.6. The lowest BCUT2D eigenvalue weighted by molar-refractivity contribution is -0.385. The number of nitro benzene ring substituents is 1. The lowest BCUT2D eigenvalue weighted by atomic mass is 10.1. The van der Waals surface area contributed by atoms with E-state index in [4.69, 9.17) is 11.6 Å². The lowest BCUT2D eigenvalue weighted by Crippen LogP contribution is -2.45. The highest BCUT2D eigenvalue weighted by Gasteiger charge is 2.20. The summed E-state index contributed by atoms with van der Waals surface area (Å²) < 4.78 is 0. The van der Waals surface area contributed by atoms with Gasteiger partial charge in [-0.2, -0.15) is 0 Å². The van der Waals surface area contributed by atoms with Gasteiger partial charge < -0.3 is 0 Å². The Balaban J connectivity index is 1.51. The fraction of sp³-hybridized carbons (Fsp3) is 0.300.